The minimum atomic E-state index is 0.520. The van der Waals surface area contributed by atoms with Crippen molar-refractivity contribution in [3.05, 3.63) is 64.7 Å². The highest BCUT2D eigenvalue weighted by molar-refractivity contribution is 6.32. The number of hydrogen-bond acceptors (Lipinski definition) is 3. The third-order valence-corrected chi connectivity index (χ3v) is 3.34. The Hall–Kier alpha value is -1.55. The lowest BCUT2D eigenvalue weighted by atomic mass is 10.2. The number of benzene rings is 2. The molecule has 0 aliphatic heterocycles. The van der Waals surface area contributed by atoms with E-state index in [4.69, 9.17) is 21.1 Å². The summed E-state index contributed by atoms with van der Waals surface area (Å²) in [6, 6.07) is 15.9. The Morgan fingerprint density at radius 2 is 1.86 bits per heavy atom. The van der Waals surface area contributed by atoms with Gasteiger partial charge in [0, 0.05) is 20.2 Å². The van der Waals surface area contributed by atoms with Gasteiger partial charge in [0.15, 0.2) is 0 Å². The molecule has 0 bridgehead atoms. The van der Waals surface area contributed by atoms with Crippen LogP contribution in [-0.2, 0) is 17.9 Å². The largest absolute Gasteiger partial charge is 0.487 e. The Bertz CT molecular complexity index is 546. The quantitative estimate of drug-likeness (QED) is 0.755. The molecule has 0 aliphatic carbocycles. The molecule has 0 aliphatic rings. The summed E-state index contributed by atoms with van der Waals surface area (Å²) >= 11 is 6.26. The van der Waals surface area contributed by atoms with E-state index in [1.165, 1.54) is 0 Å². The summed E-state index contributed by atoms with van der Waals surface area (Å²) in [7, 11) is 1.69. The van der Waals surface area contributed by atoms with Gasteiger partial charge in [0.25, 0.3) is 0 Å². The first-order chi connectivity index (χ1) is 10.3. The molecule has 0 amide bonds. The highest BCUT2D eigenvalue weighted by Gasteiger charge is 2.03. The fourth-order valence-corrected chi connectivity index (χ4v) is 2.17. The smallest absolute Gasteiger partial charge is 0.138 e. The maximum absolute atomic E-state index is 6.26. The van der Waals surface area contributed by atoms with Crippen LogP contribution < -0.4 is 10.1 Å². The second-order valence-corrected chi connectivity index (χ2v) is 5.12. The van der Waals surface area contributed by atoms with Crippen LogP contribution in [0, 0.1) is 0 Å². The molecular formula is C17H20ClNO2. The van der Waals surface area contributed by atoms with E-state index in [-0.39, 0.29) is 0 Å². The van der Waals surface area contributed by atoms with E-state index in [1.54, 1.807) is 7.11 Å². The topological polar surface area (TPSA) is 30.5 Å². The molecule has 3 nitrogen and oxygen atoms in total. The number of hydrogen-bond donors (Lipinski definition) is 1. The number of halogens is 1. The molecule has 2 aromatic rings. The van der Waals surface area contributed by atoms with Crippen molar-refractivity contribution in [2.45, 2.75) is 13.2 Å². The van der Waals surface area contributed by atoms with E-state index in [9.17, 15) is 0 Å². The average molecular weight is 306 g/mol. The first-order valence-corrected chi connectivity index (χ1v) is 7.32. The second-order valence-electron chi connectivity index (χ2n) is 4.71. The molecule has 1 N–H and O–H groups in total. The molecule has 0 unspecified atom stereocenters. The van der Waals surface area contributed by atoms with E-state index in [1.807, 2.05) is 48.5 Å². The summed E-state index contributed by atoms with van der Waals surface area (Å²) in [5.74, 6) is 0.709. The first kappa shape index (κ1) is 15.8. The standard InChI is InChI=1S/C17H20ClNO2/c1-20-10-9-19-12-15-7-8-17(16(18)11-15)21-13-14-5-3-2-4-6-14/h2-8,11,19H,9-10,12-13H2,1H3. The highest BCUT2D eigenvalue weighted by Crippen LogP contribution is 2.26. The molecule has 0 spiro atoms. The number of rotatable bonds is 8. The SMILES string of the molecule is COCCNCc1ccc(OCc2ccccc2)c(Cl)c1. The van der Waals surface area contributed by atoms with Crippen molar-refractivity contribution in [1.29, 1.82) is 0 Å². The minimum absolute atomic E-state index is 0.520. The monoisotopic (exact) mass is 305 g/mol. The lowest BCUT2D eigenvalue weighted by molar-refractivity contribution is 0.199. The fourth-order valence-electron chi connectivity index (χ4n) is 1.91. The van der Waals surface area contributed by atoms with Crippen LogP contribution in [-0.4, -0.2) is 20.3 Å². The van der Waals surface area contributed by atoms with Gasteiger partial charge in [0.05, 0.1) is 11.6 Å². The van der Waals surface area contributed by atoms with Crippen molar-refractivity contribution in [1.82, 2.24) is 5.32 Å². The van der Waals surface area contributed by atoms with Crippen LogP contribution in [0.2, 0.25) is 5.02 Å². The Morgan fingerprint density at radius 3 is 2.57 bits per heavy atom. The lowest BCUT2D eigenvalue weighted by Gasteiger charge is -2.10. The summed E-state index contributed by atoms with van der Waals surface area (Å²) in [5.41, 5.74) is 2.25. The zero-order valence-electron chi connectivity index (χ0n) is 12.1. The van der Waals surface area contributed by atoms with Crippen LogP contribution in [0.25, 0.3) is 0 Å². The van der Waals surface area contributed by atoms with Crippen LogP contribution in [0.1, 0.15) is 11.1 Å². The molecule has 0 atom stereocenters. The fraction of sp³-hybridized carbons (Fsp3) is 0.294. The summed E-state index contributed by atoms with van der Waals surface area (Å²) in [4.78, 5) is 0. The molecular weight excluding hydrogens is 286 g/mol. The van der Waals surface area contributed by atoms with Gasteiger partial charge < -0.3 is 14.8 Å². The zero-order chi connectivity index (χ0) is 14.9. The normalized spacial score (nSPS) is 10.6. The maximum Gasteiger partial charge on any atom is 0.138 e. The molecule has 2 aromatic carbocycles. The summed E-state index contributed by atoms with van der Waals surface area (Å²) in [5, 5.41) is 3.92. The highest BCUT2D eigenvalue weighted by atomic mass is 35.5. The van der Waals surface area contributed by atoms with Crippen LogP contribution in [0.3, 0.4) is 0 Å². The predicted octanol–water partition coefficient (Wildman–Crippen LogP) is 3.66. The van der Waals surface area contributed by atoms with Crippen LogP contribution >= 0.6 is 11.6 Å². The minimum Gasteiger partial charge on any atom is -0.487 e. The number of ether oxygens (including phenoxy) is 2. The Kier molecular flexibility index (Phi) is 6.54. The van der Waals surface area contributed by atoms with E-state index < -0.39 is 0 Å². The molecule has 112 valence electrons. The van der Waals surface area contributed by atoms with E-state index >= 15 is 0 Å². The van der Waals surface area contributed by atoms with Gasteiger partial charge in [-0.05, 0) is 23.3 Å². The van der Waals surface area contributed by atoms with Gasteiger partial charge in [-0.3, -0.25) is 0 Å². The maximum atomic E-state index is 6.26. The van der Waals surface area contributed by atoms with Gasteiger partial charge in [0.2, 0.25) is 0 Å². The predicted molar refractivity (Wildman–Crippen MR) is 85.8 cm³/mol. The summed E-state index contributed by atoms with van der Waals surface area (Å²) in [6.07, 6.45) is 0. The molecule has 0 aromatic heterocycles. The Balaban J connectivity index is 1.87. The van der Waals surface area contributed by atoms with Gasteiger partial charge in [-0.1, -0.05) is 48.0 Å². The molecule has 0 heterocycles. The molecule has 4 heteroatoms. The first-order valence-electron chi connectivity index (χ1n) is 6.94. The van der Waals surface area contributed by atoms with Crippen molar-refractivity contribution < 1.29 is 9.47 Å². The second kappa shape index (κ2) is 8.67. The van der Waals surface area contributed by atoms with Crippen molar-refractivity contribution in [2.75, 3.05) is 20.3 Å². The molecule has 21 heavy (non-hydrogen) atoms. The van der Waals surface area contributed by atoms with Gasteiger partial charge in [-0.15, -0.1) is 0 Å². The van der Waals surface area contributed by atoms with Gasteiger partial charge in [-0.2, -0.15) is 0 Å². The lowest BCUT2D eigenvalue weighted by Crippen LogP contribution is -2.18. The molecule has 0 radical (unpaired) electrons. The van der Waals surface area contributed by atoms with Gasteiger partial charge in [0.1, 0.15) is 12.4 Å². The van der Waals surface area contributed by atoms with E-state index in [2.05, 4.69) is 5.32 Å². The van der Waals surface area contributed by atoms with Crippen LogP contribution in [0.5, 0.6) is 5.75 Å². The number of methoxy groups -OCH3 is 1. The van der Waals surface area contributed by atoms with Gasteiger partial charge >= 0.3 is 0 Å². The third kappa shape index (κ3) is 5.38. The molecule has 0 fully saturated rings. The summed E-state index contributed by atoms with van der Waals surface area (Å²) < 4.78 is 10.7. The Labute approximate surface area is 130 Å². The van der Waals surface area contributed by atoms with Crippen molar-refractivity contribution in [2.24, 2.45) is 0 Å². The zero-order valence-corrected chi connectivity index (χ0v) is 12.9. The number of nitrogens with one attached hydrogen (secondary N) is 1. The Morgan fingerprint density at radius 1 is 1.05 bits per heavy atom. The molecule has 0 saturated carbocycles. The van der Waals surface area contributed by atoms with Crippen LogP contribution in [0.4, 0.5) is 0 Å². The van der Waals surface area contributed by atoms with E-state index in [0.717, 1.165) is 24.2 Å². The van der Waals surface area contributed by atoms with Crippen molar-refractivity contribution in [3.8, 4) is 5.75 Å². The van der Waals surface area contributed by atoms with Crippen LogP contribution in [0.15, 0.2) is 48.5 Å². The average Bonchev–Trinajstić information content (AvgIpc) is 2.52. The van der Waals surface area contributed by atoms with E-state index in [0.29, 0.717) is 24.0 Å². The molecule has 2 rings (SSSR count). The van der Waals surface area contributed by atoms with Crippen molar-refractivity contribution in [3.63, 3.8) is 0 Å². The van der Waals surface area contributed by atoms with Crippen molar-refractivity contribution >= 4 is 11.6 Å². The third-order valence-electron chi connectivity index (χ3n) is 3.05. The summed E-state index contributed by atoms with van der Waals surface area (Å²) in [6.45, 7) is 2.81. The molecule has 0 saturated heterocycles. The van der Waals surface area contributed by atoms with Gasteiger partial charge in [-0.25, -0.2) is 0 Å².